The highest BCUT2D eigenvalue weighted by Gasteiger charge is 2.35. The predicted molar refractivity (Wildman–Crippen MR) is 120 cm³/mol. The van der Waals surface area contributed by atoms with Gasteiger partial charge in [-0.25, -0.2) is 9.48 Å². The number of hydrogen-bond acceptors (Lipinski definition) is 6. The monoisotopic (exact) mass is 423 g/mol. The Kier molecular flexibility index (Phi) is 5.21. The van der Waals surface area contributed by atoms with Gasteiger partial charge in [0.15, 0.2) is 5.82 Å². The first-order chi connectivity index (χ1) is 15.7. The molecule has 0 saturated heterocycles. The molecule has 2 aromatic carbocycles. The summed E-state index contributed by atoms with van der Waals surface area (Å²) in [6.07, 6.45) is 3.41. The van der Waals surface area contributed by atoms with Crippen LogP contribution in [0.1, 0.15) is 24.1 Å². The zero-order valence-corrected chi connectivity index (χ0v) is 17.5. The molecule has 4 aromatic rings. The van der Waals surface area contributed by atoms with E-state index < -0.39 is 12.0 Å². The van der Waals surface area contributed by atoms with Crippen molar-refractivity contribution in [1.29, 1.82) is 0 Å². The number of allylic oxidation sites excluding steroid dienone is 1. The average Bonchev–Trinajstić information content (AvgIpc) is 3.27. The molecular weight excluding hydrogens is 402 g/mol. The molecule has 1 atom stereocenters. The van der Waals surface area contributed by atoms with Crippen molar-refractivity contribution in [1.82, 2.24) is 19.7 Å². The number of fused-ring (bicyclic) bond motifs is 1. The Labute approximate surface area is 185 Å². The van der Waals surface area contributed by atoms with Gasteiger partial charge in [0.1, 0.15) is 12.6 Å². The van der Waals surface area contributed by atoms with Crippen LogP contribution < -0.4 is 5.32 Å². The minimum Gasteiger partial charge on any atom is -0.457 e. The van der Waals surface area contributed by atoms with Crippen LogP contribution >= 0.6 is 0 Å². The number of hydrogen-bond donors (Lipinski definition) is 1. The summed E-state index contributed by atoms with van der Waals surface area (Å²) in [5.41, 5.74) is 3.87. The van der Waals surface area contributed by atoms with Crippen LogP contribution in [0.4, 0.5) is 5.95 Å². The van der Waals surface area contributed by atoms with Gasteiger partial charge in [-0.1, -0.05) is 60.7 Å². The van der Waals surface area contributed by atoms with E-state index >= 15 is 0 Å². The molecule has 0 fully saturated rings. The van der Waals surface area contributed by atoms with Crippen molar-refractivity contribution in [2.45, 2.75) is 19.6 Å². The van der Waals surface area contributed by atoms with Gasteiger partial charge >= 0.3 is 5.97 Å². The highest BCUT2D eigenvalue weighted by molar-refractivity contribution is 5.92. The third-order valence-corrected chi connectivity index (χ3v) is 5.34. The lowest BCUT2D eigenvalue weighted by molar-refractivity contribution is -0.140. The van der Waals surface area contributed by atoms with Crippen LogP contribution in [-0.4, -0.2) is 25.7 Å². The Morgan fingerprint density at radius 1 is 1.00 bits per heavy atom. The number of aromatic nitrogens is 4. The lowest BCUT2D eigenvalue weighted by atomic mass is 9.96. The zero-order chi connectivity index (χ0) is 21.9. The van der Waals surface area contributed by atoms with Gasteiger partial charge < -0.3 is 10.1 Å². The molecular formula is C25H21N5O2. The van der Waals surface area contributed by atoms with Crippen molar-refractivity contribution in [3.63, 3.8) is 0 Å². The van der Waals surface area contributed by atoms with Crippen molar-refractivity contribution in [2.24, 2.45) is 0 Å². The van der Waals surface area contributed by atoms with E-state index in [2.05, 4.69) is 15.3 Å². The molecule has 3 heterocycles. The Balaban J connectivity index is 1.53. The number of esters is 1. The number of carbonyl (C=O) groups is 1. The molecule has 0 amide bonds. The van der Waals surface area contributed by atoms with Gasteiger partial charge in [0.2, 0.25) is 5.95 Å². The van der Waals surface area contributed by atoms with E-state index in [0.717, 1.165) is 16.7 Å². The molecule has 7 heteroatoms. The maximum atomic E-state index is 13.3. The molecule has 0 spiro atoms. The molecule has 5 rings (SSSR count). The second kappa shape index (κ2) is 8.47. The highest BCUT2D eigenvalue weighted by atomic mass is 16.5. The Bertz CT molecular complexity index is 1270. The van der Waals surface area contributed by atoms with Gasteiger partial charge in [0.05, 0.1) is 5.57 Å². The van der Waals surface area contributed by atoms with Crippen LogP contribution in [0, 0.1) is 0 Å². The van der Waals surface area contributed by atoms with Gasteiger partial charge in [-0.15, -0.1) is 5.10 Å². The first-order valence-electron chi connectivity index (χ1n) is 10.3. The molecule has 0 bridgehead atoms. The molecule has 7 nitrogen and oxygen atoms in total. The quantitative estimate of drug-likeness (QED) is 0.480. The maximum Gasteiger partial charge on any atom is 0.338 e. The number of nitrogens with one attached hydrogen (secondary N) is 1. The third kappa shape index (κ3) is 3.76. The fourth-order valence-electron chi connectivity index (χ4n) is 3.78. The van der Waals surface area contributed by atoms with Gasteiger partial charge in [0, 0.05) is 23.7 Å². The SMILES string of the molecule is CC1=C(C(=O)OCc2ccccc2)C(c2ccncc2)n2nc(-c3ccccc3)nc2N1. The highest BCUT2D eigenvalue weighted by Crippen LogP contribution is 2.36. The first-order valence-corrected chi connectivity index (χ1v) is 10.3. The number of pyridine rings is 1. The lowest BCUT2D eigenvalue weighted by Crippen LogP contribution is -2.29. The molecule has 0 saturated carbocycles. The van der Waals surface area contributed by atoms with Gasteiger partial charge in [-0.2, -0.15) is 4.98 Å². The van der Waals surface area contributed by atoms with Gasteiger partial charge in [-0.05, 0) is 30.2 Å². The van der Waals surface area contributed by atoms with E-state index in [4.69, 9.17) is 9.84 Å². The number of anilines is 1. The van der Waals surface area contributed by atoms with Crippen LogP contribution in [0.2, 0.25) is 0 Å². The van der Waals surface area contributed by atoms with Crippen molar-refractivity contribution in [2.75, 3.05) is 5.32 Å². The minimum atomic E-state index is -0.484. The second-order valence-corrected chi connectivity index (χ2v) is 7.48. The van der Waals surface area contributed by atoms with E-state index in [1.165, 1.54) is 0 Å². The van der Waals surface area contributed by atoms with Crippen molar-refractivity contribution < 1.29 is 9.53 Å². The summed E-state index contributed by atoms with van der Waals surface area (Å²) in [6.45, 7) is 2.05. The van der Waals surface area contributed by atoms with E-state index in [0.29, 0.717) is 23.0 Å². The van der Waals surface area contributed by atoms with Crippen molar-refractivity contribution >= 4 is 11.9 Å². The summed E-state index contributed by atoms with van der Waals surface area (Å²) in [6, 6.07) is 22.6. The molecule has 0 aliphatic carbocycles. The number of rotatable bonds is 5. The Morgan fingerprint density at radius 2 is 1.69 bits per heavy atom. The average molecular weight is 423 g/mol. The van der Waals surface area contributed by atoms with Crippen LogP contribution in [0.25, 0.3) is 11.4 Å². The standard InChI is InChI=1S/C25H21N5O2/c1-17-21(24(31)32-16-18-8-4-2-5-9-18)22(19-12-14-26-15-13-19)30-25(27-17)28-23(29-30)20-10-6-3-7-11-20/h2-15,22H,16H2,1H3,(H,27,28,29). The van der Waals surface area contributed by atoms with E-state index in [1.54, 1.807) is 17.1 Å². The molecule has 1 aliphatic rings. The van der Waals surface area contributed by atoms with E-state index in [1.807, 2.05) is 79.7 Å². The zero-order valence-electron chi connectivity index (χ0n) is 17.5. The number of ether oxygens (including phenoxy) is 1. The fraction of sp³-hybridized carbons (Fsp3) is 0.120. The minimum absolute atomic E-state index is 0.193. The van der Waals surface area contributed by atoms with Crippen molar-refractivity contribution in [3.8, 4) is 11.4 Å². The van der Waals surface area contributed by atoms with Crippen LogP contribution in [0.3, 0.4) is 0 Å². The molecule has 1 aliphatic heterocycles. The maximum absolute atomic E-state index is 13.3. The van der Waals surface area contributed by atoms with Crippen LogP contribution in [0.15, 0.2) is 96.5 Å². The number of benzene rings is 2. The molecule has 158 valence electrons. The van der Waals surface area contributed by atoms with Crippen LogP contribution in [-0.2, 0) is 16.1 Å². The molecule has 0 radical (unpaired) electrons. The summed E-state index contributed by atoms with van der Waals surface area (Å²) >= 11 is 0. The van der Waals surface area contributed by atoms with Gasteiger partial charge in [-0.3, -0.25) is 4.98 Å². The summed E-state index contributed by atoms with van der Waals surface area (Å²) in [7, 11) is 0. The first kappa shape index (κ1) is 19.7. The third-order valence-electron chi connectivity index (χ3n) is 5.34. The largest absolute Gasteiger partial charge is 0.457 e. The fourth-order valence-corrected chi connectivity index (χ4v) is 3.78. The smallest absolute Gasteiger partial charge is 0.338 e. The molecule has 2 aromatic heterocycles. The van der Waals surface area contributed by atoms with E-state index in [9.17, 15) is 4.79 Å². The summed E-state index contributed by atoms with van der Waals surface area (Å²) < 4.78 is 7.42. The molecule has 32 heavy (non-hydrogen) atoms. The van der Waals surface area contributed by atoms with Crippen molar-refractivity contribution in [3.05, 3.63) is 108 Å². The number of nitrogens with zero attached hydrogens (tertiary/aromatic N) is 4. The second-order valence-electron chi connectivity index (χ2n) is 7.48. The Hall–Kier alpha value is -4.26. The van der Waals surface area contributed by atoms with Crippen LogP contribution in [0.5, 0.6) is 0 Å². The predicted octanol–water partition coefficient (Wildman–Crippen LogP) is 4.37. The topological polar surface area (TPSA) is 81.9 Å². The van der Waals surface area contributed by atoms with Gasteiger partial charge in [0.25, 0.3) is 0 Å². The van der Waals surface area contributed by atoms with E-state index in [-0.39, 0.29) is 6.61 Å². The molecule has 1 N–H and O–H groups in total. The Morgan fingerprint density at radius 3 is 2.41 bits per heavy atom. The summed E-state index contributed by atoms with van der Waals surface area (Å²) in [4.78, 5) is 22.0. The summed E-state index contributed by atoms with van der Waals surface area (Å²) in [5, 5.41) is 7.98. The summed E-state index contributed by atoms with van der Waals surface area (Å²) in [5.74, 6) is 0.754. The number of carbonyl (C=O) groups excluding carboxylic acids is 1. The molecule has 1 unspecified atom stereocenters. The normalized spacial score (nSPS) is 15.1. The lowest BCUT2D eigenvalue weighted by Gasteiger charge is -2.28.